The number of hydrogen-bond donors (Lipinski definition) is 0. The van der Waals surface area contributed by atoms with Gasteiger partial charge >= 0.3 is 0 Å². The molecule has 1 aromatic carbocycles. The molecule has 25 heavy (non-hydrogen) atoms. The number of methoxy groups -OCH3 is 1. The quantitative estimate of drug-likeness (QED) is 0.464. The van der Waals surface area contributed by atoms with E-state index in [0.717, 1.165) is 30.7 Å². The van der Waals surface area contributed by atoms with Gasteiger partial charge in [-0.15, -0.1) is 0 Å². The molecule has 2 aromatic rings. The van der Waals surface area contributed by atoms with Crippen LogP contribution >= 0.6 is 0 Å². The highest BCUT2D eigenvalue weighted by Gasteiger charge is 2.18. The number of benzene rings is 1. The van der Waals surface area contributed by atoms with Gasteiger partial charge in [0.25, 0.3) is 0 Å². The third-order valence-electron chi connectivity index (χ3n) is 5.54. The van der Waals surface area contributed by atoms with E-state index in [1.54, 1.807) is 7.11 Å². The van der Waals surface area contributed by atoms with Crippen LogP contribution in [0.1, 0.15) is 82.5 Å². The Kier molecular flexibility index (Phi) is 6.77. The van der Waals surface area contributed by atoms with Gasteiger partial charge in [0.1, 0.15) is 11.6 Å². The molecule has 0 aliphatic carbocycles. The molecule has 138 valence electrons. The summed E-state index contributed by atoms with van der Waals surface area (Å²) in [6.45, 7) is 3.41. The standard InChI is InChI=1S/C22H34N2O/c1-3-4-5-6-7-8-9-10-11-14-21-23-20-17-19(25-2)16-18-13-12-15-24(21)22(18)20/h16-17H,3-15H2,1-2H3. The van der Waals surface area contributed by atoms with Crippen molar-refractivity contribution < 1.29 is 4.74 Å². The Morgan fingerprint density at radius 3 is 2.44 bits per heavy atom. The summed E-state index contributed by atoms with van der Waals surface area (Å²) in [6.07, 6.45) is 15.9. The first kappa shape index (κ1) is 18.3. The van der Waals surface area contributed by atoms with Crippen molar-refractivity contribution in [1.29, 1.82) is 0 Å². The van der Waals surface area contributed by atoms with Crippen molar-refractivity contribution in [1.82, 2.24) is 9.55 Å². The van der Waals surface area contributed by atoms with E-state index in [2.05, 4.69) is 23.6 Å². The third-order valence-corrected chi connectivity index (χ3v) is 5.54. The summed E-state index contributed by atoms with van der Waals surface area (Å²) >= 11 is 0. The second kappa shape index (κ2) is 9.26. The van der Waals surface area contributed by atoms with Gasteiger partial charge in [-0.25, -0.2) is 4.98 Å². The summed E-state index contributed by atoms with van der Waals surface area (Å²) in [5.41, 5.74) is 3.89. The molecule has 0 unspecified atom stereocenters. The van der Waals surface area contributed by atoms with Crippen molar-refractivity contribution in [2.24, 2.45) is 0 Å². The Balaban J connectivity index is 1.50. The minimum Gasteiger partial charge on any atom is -0.497 e. The number of unbranched alkanes of at least 4 members (excludes halogenated alkanes) is 8. The van der Waals surface area contributed by atoms with Gasteiger partial charge < -0.3 is 9.30 Å². The Morgan fingerprint density at radius 2 is 1.72 bits per heavy atom. The molecule has 3 nitrogen and oxygen atoms in total. The van der Waals surface area contributed by atoms with E-state index in [0.29, 0.717) is 0 Å². The van der Waals surface area contributed by atoms with Gasteiger partial charge in [0, 0.05) is 19.0 Å². The van der Waals surface area contributed by atoms with Crippen LogP contribution in [0.25, 0.3) is 11.0 Å². The van der Waals surface area contributed by atoms with E-state index in [-0.39, 0.29) is 0 Å². The van der Waals surface area contributed by atoms with Crippen molar-refractivity contribution in [2.75, 3.05) is 7.11 Å². The lowest BCUT2D eigenvalue weighted by molar-refractivity contribution is 0.414. The number of rotatable bonds is 11. The lowest BCUT2D eigenvalue weighted by Gasteiger charge is -2.17. The maximum Gasteiger partial charge on any atom is 0.121 e. The first-order valence-corrected chi connectivity index (χ1v) is 10.4. The van der Waals surface area contributed by atoms with Crippen LogP contribution in [0.3, 0.4) is 0 Å². The van der Waals surface area contributed by atoms with Crippen LogP contribution < -0.4 is 4.74 Å². The monoisotopic (exact) mass is 342 g/mol. The van der Waals surface area contributed by atoms with E-state index in [9.17, 15) is 0 Å². The fraction of sp³-hybridized carbons (Fsp3) is 0.682. The molecule has 1 aromatic heterocycles. The Hall–Kier alpha value is -1.51. The van der Waals surface area contributed by atoms with Crippen molar-refractivity contribution in [3.8, 4) is 5.75 Å². The second-order valence-electron chi connectivity index (χ2n) is 7.52. The molecule has 3 rings (SSSR count). The Morgan fingerprint density at radius 1 is 1.00 bits per heavy atom. The average molecular weight is 343 g/mol. The molecule has 2 heterocycles. The molecular formula is C22H34N2O. The largest absolute Gasteiger partial charge is 0.497 e. The van der Waals surface area contributed by atoms with Gasteiger partial charge in [-0.2, -0.15) is 0 Å². The highest BCUT2D eigenvalue weighted by molar-refractivity contribution is 5.82. The van der Waals surface area contributed by atoms with Gasteiger partial charge in [-0.05, 0) is 30.9 Å². The number of imidazole rings is 1. The number of ether oxygens (including phenoxy) is 1. The molecule has 0 amide bonds. The maximum atomic E-state index is 5.45. The number of hydrogen-bond acceptors (Lipinski definition) is 2. The van der Waals surface area contributed by atoms with Crippen LogP contribution in [0.2, 0.25) is 0 Å². The number of aromatic nitrogens is 2. The zero-order valence-corrected chi connectivity index (χ0v) is 16.1. The van der Waals surface area contributed by atoms with Crippen LogP contribution in [0.5, 0.6) is 5.75 Å². The normalized spacial score (nSPS) is 13.5. The molecule has 0 fully saturated rings. The number of aryl methyl sites for hydroxylation is 3. The molecule has 0 N–H and O–H groups in total. The summed E-state index contributed by atoms with van der Waals surface area (Å²) in [7, 11) is 1.75. The van der Waals surface area contributed by atoms with E-state index in [4.69, 9.17) is 9.72 Å². The molecule has 1 aliphatic rings. The topological polar surface area (TPSA) is 27.1 Å². The van der Waals surface area contributed by atoms with Gasteiger partial charge in [-0.3, -0.25) is 0 Å². The highest BCUT2D eigenvalue weighted by atomic mass is 16.5. The number of nitrogens with zero attached hydrogens (tertiary/aromatic N) is 2. The molecule has 0 radical (unpaired) electrons. The van der Waals surface area contributed by atoms with Crippen molar-refractivity contribution in [3.05, 3.63) is 23.5 Å². The molecule has 3 heteroatoms. The predicted molar refractivity (Wildman–Crippen MR) is 106 cm³/mol. The first-order valence-electron chi connectivity index (χ1n) is 10.4. The fourth-order valence-corrected chi connectivity index (χ4v) is 4.14. The smallest absolute Gasteiger partial charge is 0.121 e. The summed E-state index contributed by atoms with van der Waals surface area (Å²) < 4.78 is 7.92. The SMILES string of the molecule is CCCCCCCCCCCc1nc2cc(OC)cc3c2n1CCC3. The third kappa shape index (κ3) is 4.56. The summed E-state index contributed by atoms with van der Waals surface area (Å²) in [6, 6.07) is 4.29. The molecule has 0 saturated carbocycles. The van der Waals surface area contributed by atoms with Crippen molar-refractivity contribution >= 4 is 11.0 Å². The van der Waals surface area contributed by atoms with E-state index < -0.39 is 0 Å². The van der Waals surface area contributed by atoms with Crippen LogP contribution in [0.15, 0.2) is 12.1 Å². The van der Waals surface area contributed by atoms with Crippen LogP contribution in [0.4, 0.5) is 0 Å². The first-order chi connectivity index (χ1) is 12.3. The fourth-order valence-electron chi connectivity index (χ4n) is 4.14. The van der Waals surface area contributed by atoms with Gasteiger partial charge in [-0.1, -0.05) is 58.3 Å². The molecule has 1 aliphatic heterocycles. The Labute approximate surface area is 152 Å². The zero-order valence-electron chi connectivity index (χ0n) is 16.1. The molecular weight excluding hydrogens is 308 g/mol. The average Bonchev–Trinajstić information content (AvgIpc) is 2.99. The highest BCUT2D eigenvalue weighted by Crippen LogP contribution is 2.31. The van der Waals surface area contributed by atoms with E-state index in [1.165, 1.54) is 81.1 Å². The molecule has 0 spiro atoms. The van der Waals surface area contributed by atoms with E-state index in [1.807, 2.05) is 0 Å². The van der Waals surface area contributed by atoms with Crippen LogP contribution in [-0.4, -0.2) is 16.7 Å². The summed E-state index contributed by atoms with van der Waals surface area (Å²) in [5.74, 6) is 2.23. The van der Waals surface area contributed by atoms with E-state index >= 15 is 0 Å². The summed E-state index contributed by atoms with van der Waals surface area (Å²) in [5, 5.41) is 0. The minimum atomic E-state index is 0.948. The maximum absolute atomic E-state index is 5.45. The van der Waals surface area contributed by atoms with Crippen molar-refractivity contribution in [3.63, 3.8) is 0 Å². The Bertz CT molecular complexity index is 674. The zero-order chi connectivity index (χ0) is 17.5. The van der Waals surface area contributed by atoms with Gasteiger partial charge in [0.15, 0.2) is 0 Å². The molecule has 0 saturated heterocycles. The molecule has 0 bridgehead atoms. The predicted octanol–water partition coefficient (Wildman–Crippen LogP) is 6.06. The molecule has 0 atom stereocenters. The van der Waals surface area contributed by atoms with Gasteiger partial charge in [0.05, 0.1) is 18.1 Å². The second-order valence-corrected chi connectivity index (χ2v) is 7.52. The lowest BCUT2D eigenvalue weighted by Crippen LogP contribution is -2.10. The van der Waals surface area contributed by atoms with Crippen molar-refractivity contribution in [2.45, 2.75) is 90.5 Å². The summed E-state index contributed by atoms with van der Waals surface area (Å²) in [4.78, 5) is 4.94. The van der Waals surface area contributed by atoms with Crippen LogP contribution in [-0.2, 0) is 19.4 Å². The van der Waals surface area contributed by atoms with Gasteiger partial charge in [0.2, 0.25) is 0 Å². The lowest BCUT2D eigenvalue weighted by atomic mass is 10.0. The van der Waals surface area contributed by atoms with Crippen LogP contribution in [0, 0.1) is 0 Å². The minimum absolute atomic E-state index is 0.948.